The standard InChI is InChI=1S/C28H21ClN4O3S/c1-16-7-6-10-22(17(16)2)33-26(35)23(29)24(27(33)36)30-20-13-11-19(12-14-20)25(34)32-28-31-21(15-37-28)18-8-4-3-5-9-18/h3-15,30H,1-2H3,(H,31,32,34). The average Bonchev–Trinajstić information content (AvgIpc) is 3.45. The van der Waals surface area contributed by atoms with Gasteiger partial charge in [0.1, 0.15) is 10.7 Å². The molecule has 37 heavy (non-hydrogen) atoms. The van der Waals surface area contributed by atoms with E-state index < -0.39 is 11.8 Å². The fraction of sp³-hybridized carbons (Fsp3) is 0.0714. The molecule has 0 unspecified atom stereocenters. The van der Waals surface area contributed by atoms with Crippen LogP contribution < -0.4 is 15.5 Å². The largest absolute Gasteiger partial charge is 0.350 e. The number of carbonyl (C=O) groups excluding carboxylic acids is 3. The van der Waals surface area contributed by atoms with E-state index in [2.05, 4.69) is 15.6 Å². The van der Waals surface area contributed by atoms with E-state index in [9.17, 15) is 14.4 Å². The van der Waals surface area contributed by atoms with E-state index in [1.54, 1.807) is 36.4 Å². The van der Waals surface area contributed by atoms with Gasteiger partial charge in [0, 0.05) is 22.2 Å². The van der Waals surface area contributed by atoms with E-state index >= 15 is 0 Å². The van der Waals surface area contributed by atoms with Gasteiger partial charge in [0.15, 0.2) is 5.13 Å². The molecule has 1 aliphatic rings. The Balaban J connectivity index is 1.28. The highest BCUT2D eigenvalue weighted by atomic mass is 35.5. The SMILES string of the molecule is Cc1cccc(N2C(=O)C(Cl)=C(Nc3ccc(C(=O)Nc4nc(-c5ccccc5)cs4)cc3)C2=O)c1C. The van der Waals surface area contributed by atoms with Crippen LogP contribution in [0.5, 0.6) is 0 Å². The Kier molecular flexibility index (Phi) is 6.60. The Bertz CT molecular complexity index is 1560. The zero-order chi connectivity index (χ0) is 26.1. The highest BCUT2D eigenvalue weighted by Gasteiger charge is 2.39. The molecule has 1 aliphatic heterocycles. The first-order valence-corrected chi connectivity index (χ1v) is 12.6. The van der Waals surface area contributed by atoms with E-state index in [1.165, 1.54) is 11.3 Å². The maximum absolute atomic E-state index is 13.1. The van der Waals surface area contributed by atoms with Gasteiger partial charge in [-0.1, -0.05) is 54.1 Å². The van der Waals surface area contributed by atoms with Crippen molar-refractivity contribution in [3.8, 4) is 11.3 Å². The number of hydrogen-bond donors (Lipinski definition) is 2. The molecule has 1 aromatic heterocycles. The van der Waals surface area contributed by atoms with Crippen molar-refractivity contribution < 1.29 is 14.4 Å². The van der Waals surface area contributed by atoms with Crippen molar-refractivity contribution >= 4 is 57.2 Å². The third-order valence-corrected chi connectivity index (χ3v) is 7.16. The van der Waals surface area contributed by atoms with Gasteiger partial charge in [-0.25, -0.2) is 9.88 Å². The van der Waals surface area contributed by atoms with Gasteiger partial charge in [0.05, 0.1) is 11.4 Å². The first-order chi connectivity index (χ1) is 17.8. The number of carbonyl (C=O) groups is 3. The summed E-state index contributed by atoms with van der Waals surface area (Å²) in [6.45, 7) is 3.76. The molecule has 7 nitrogen and oxygen atoms in total. The smallest absolute Gasteiger partial charge is 0.283 e. The second-order valence-corrected chi connectivity index (χ2v) is 9.65. The van der Waals surface area contributed by atoms with Crippen molar-refractivity contribution in [1.82, 2.24) is 4.98 Å². The van der Waals surface area contributed by atoms with E-state index in [0.717, 1.165) is 27.3 Å². The van der Waals surface area contributed by atoms with Gasteiger partial charge in [-0.05, 0) is 55.3 Å². The van der Waals surface area contributed by atoms with Crippen molar-refractivity contribution in [3.63, 3.8) is 0 Å². The summed E-state index contributed by atoms with van der Waals surface area (Å²) in [7, 11) is 0. The highest BCUT2D eigenvalue weighted by molar-refractivity contribution is 7.14. The van der Waals surface area contributed by atoms with Crippen molar-refractivity contribution in [1.29, 1.82) is 0 Å². The molecule has 0 aliphatic carbocycles. The van der Waals surface area contributed by atoms with Crippen LogP contribution in [0.4, 0.5) is 16.5 Å². The summed E-state index contributed by atoms with van der Waals surface area (Å²) in [5, 5.41) is 7.93. The first-order valence-electron chi connectivity index (χ1n) is 11.4. The van der Waals surface area contributed by atoms with Gasteiger partial charge in [0.25, 0.3) is 17.7 Å². The molecule has 0 fully saturated rings. The zero-order valence-corrected chi connectivity index (χ0v) is 21.5. The summed E-state index contributed by atoms with van der Waals surface area (Å²) < 4.78 is 0. The van der Waals surface area contributed by atoms with Crippen LogP contribution in [0.15, 0.2) is 88.9 Å². The topological polar surface area (TPSA) is 91.4 Å². The van der Waals surface area contributed by atoms with Crippen LogP contribution in [0.25, 0.3) is 11.3 Å². The van der Waals surface area contributed by atoms with Crippen molar-refractivity contribution in [2.24, 2.45) is 0 Å². The summed E-state index contributed by atoms with van der Waals surface area (Å²) in [6, 6.07) is 21.6. The van der Waals surface area contributed by atoms with Gasteiger partial charge < -0.3 is 5.32 Å². The van der Waals surface area contributed by atoms with Crippen molar-refractivity contribution in [3.05, 3.63) is 106 Å². The Morgan fingerprint density at radius 3 is 2.38 bits per heavy atom. The molecule has 0 saturated heterocycles. The molecule has 3 aromatic carbocycles. The van der Waals surface area contributed by atoms with Gasteiger partial charge in [-0.15, -0.1) is 11.3 Å². The maximum atomic E-state index is 13.1. The number of benzene rings is 3. The van der Waals surface area contributed by atoms with Crippen LogP contribution in [0.1, 0.15) is 21.5 Å². The number of amides is 3. The molecule has 4 aromatic rings. The number of aryl methyl sites for hydroxylation is 1. The molecule has 9 heteroatoms. The van der Waals surface area contributed by atoms with Crippen LogP contribution in [0, 0.1) is 13.8 Å². The van der Waals surface area contributed by atoms with Crippen LogP contribution in [-0.4, -0.2) is 22.7 Å². The van der Waals surface area contributed by atoms with Crippen LogP contribution in [0.3, 0.4) is 0 Å². The van der Waals surface area contributed by atoms with Gasteiger partial charge in [-0.2, -0.15) is 0 Å². The molecule has 0 spiro atoms. The number of nitrogens with one attached hydrogen (secondary N) is 2. The first kappa shape index (κ1) is 24.4. The molecule has 0 radical (unpaired) electrons. The number of rotatable bonds is 6. The lowest BCUT2D eigenvalue weighted by atomic mass is 10.1. The molecule has 3 amide bonds. The third kappa shape index (κ3) is 4.76. The Morgan fingerprint density at radius 2 is 1.65 bits per heavy atom. The van der Waals surface area contributed by atoms with Crippen molar-refractivity contribution in [2.75, 3.05) is 15.5 Å². The maximum Gasteiger partial charge on any atom is 0.283 e. The molecule has 0 bridgehead atoms. The minimum atomic E-state index is -0.586. The number of aromatic nitrogens is 1. The predicted octanol–water partition coefficient (Wildman–Crippen LogP) is 6.11. The normalized spacial score (nSPS) is 13.3. The fourth-order valence-corrected chi connectivity index (χ4v) is 4.83. The van der Waals surface area contributed by atoms with Crippen LogP contribution >= 0.6 is 22.9 Å². The summed E-state index contributed by atoms with van der Waals surface area (Å²) in [5.41, 5.74) is 4.94. The minimum Gasteiger partial charge on any atom is -0.350 e. The summed E-state index contributed by atoms with van der Waals surface area (Å²) >= 11 is 7.61. The molecule has 5 rings (SSSR count). The third-order valence-electron chi connectivity index (χ3n) is 6.05. The number of thiazole rings is 1. The zero-order valence-electron chi connectivity index (χ0n) is 19.9. The van der Waals surface area contributed by atoms with E-state index in [-0.39, 0.29) is 16.6 Å². The number of nitrogens with zero attached hydrogens (tertiary/aromatic N) is 2. The van der Waals surface area contributed by atoms with E-state index in [4.69, 9.17) is 11.6 Å². The Labute approximate surface area is 222 Å². The average molecular weight is 529 g/mol. The number of anilines is 3. The molecule has 2 heterocycles. The van der Waals surface area contributed by atoms with E-state index in [0.29, 0.717) is 22.1 Å². The van der Waals surface area contributed by atoms with Gasteiger partial charge in [0.2, 0.25) is 0 Å². The second-order valence-electron chi connectivity index (χ2n) is 8.41. The van der Waals surface area contributed by atoms with E-state index in [1.807, 2.05) is 55.6 Å². The lowest BCUT2D eigenvalue weighted by Crippen LogP contribution is -2.33. The van der Waals surface area contributed by atoms with Gasteiger partial charge >= 0.3 is 0 Å². The number of imide groups is 1. The Morgan fingerprint density at radius 1 is 0.919 bits per heavy atom. The van der Waals surface area contributed by atoms with Crippen molar-refractivity contribution in [2.45, 2.75) is 13.8 Å². The summed E-state index contributed by atoms with van der Waals surface area (Å²) in [5.74, 6) is -1.44. The molecule has 2 N–H and O–H groups in total. The molecular weight excluding hydrogens is 508 g/mol. The summed E-state index contributed by atoms with van der Waals surface area (Å²) in [4.78, 5) is 44.2. The molecule has 0 atom stereocenters. The van der Waals surface area contributed by atoms with Gasteiger partial charge in [-0.3, -0.25) is 19.7 Å². The number of hydrogen-bond acceptors (Lipinski definition) is 6. The lowest BCUT2D eigenvalue weighted by molar-refractivity contribution is -0.120. The number of halogens is 1. The molecule has 184 valence electrons. The summed E-state index contributed by atoms with van der Waals surface area (Å²) in [6.07, 6.45) is 0. The molecule has 0 saturated carbocycles. The quantitative estimate of drug-likeness (QED) is 0.294. The second kappa shape index (κ2) is 10.0. The van der Waals surface area contributed by atoms with Crippen LogP contribution in [0.2, 0.25) is 0 Å². The monoisotopic (exact) mass is 528 g/mol. The van der Waals surface area contributed by atoms with Crippen LogP contribution in [-0.2, 0) is 9.59 Å². The minimum absolute atomic E-state index is 0.0130. The predicted molar refractivity (Wildman–Crippen MR) is 147 cm³/mol. The fourth-order valence-electron chi connectivity index (χ4n) is 3.90. The Hall–Kier alpha value is -4.27. The lowest BCUT2D eigenvalue weighted by Gasteiger charge is -2.18. The highest BCUT2D eigenvalue weighted by Crippen LogP contribution is 2.33. The molecular formula is C28H21ClN4O3S.